The van der Waals surface area contributed by atoms with Crippen LogP contribution in [0, 0.1) is 0 Å². The number of nitrogens with one attached hydrogen (secondary N) is 1. The summed E-state index contributed by atoms with van der Waals surface area (Å²) in [5.41, 5.74) is 0.864. The molecule has 2 rings (SSSR count). The van der Waals surface area contributed by atoms with Gasteiger partial charge in [-0.1, -0.05) is 40.9 Å². The number of hydrogen-bond acceptors (Lipinski definition) is 2. The summed E-state index contributed by atoms with van der Waals surface area (Å²) < 4.78 is 1.06. The van der Waals surface area contributed by atoms with Gasteiger partial charge in [0.1, 0.15) is 0 Å². The number of carbonyl (C=O) groups is 1. The van der Waals surface area contributed by atoms with E-state index in [0.29, 0.717) is 0 Å². The van der Waals surface area contributed by atoms with Crippen LogP contribution in [0.5, 0.6) is 0 Å². The zero-order chi connectivity index (χ0) is 14.6. The summed E-state index contributed by atoms with van der Waals surface area (Å²) in [6.45, 7) is 1.59. The second kappa shape index (κ2) is 8.16. The fourth-order valence-electron chi connectivity index (χ4n) is 3.12. The second-order valence-electron chi connectivity index (χ2n) is 5.63. The minimum atomic E-state index is -0.302. The van der Waals surface area contributed by atoms with E-state index in [0.717, 1.165) is 43.2 Å². The Balaban J connectivity index is 0.00000220. The highest BCUT2D eigenvalue weighted by molar-refractivity contribution is 9.10. The van der Waals surface area contributed by atoms with Crippen LogP contribution in [0.15, 0.2) is 28.7 Å². The number of rotatable bonds is 5. The zero-order valence-corrected chi connectivity index (χ0v) is 15.1. The van der Waals surface area contributed by atoms with Crippen LogP contribution in [0.3, 0.4) is 0 Å². The van der Waals surface area contributed by atoms with Crippen molar-refractivity contribution in [1.29, 1.82) is 0 Å². The van der Waals surface area contributed by atoms with Gasteiger partial charge in [-0.2, -0.15) is 0 Å². The van der Waals surface area contributed by atoms with Gasteiger partial charge in [0.05, 0.1) is 5.41 Å². The van der Waals surface area contributed by atoms with Gasteiger partial charge in [0.25, 0.3) is 0 Å². The van der Waals surface area contributed by atoms with Crippen LogP contribution < -0.4 is 5.32 Å². The largest absolute Gasteiger partial charge is 0.344 e. The van der Waals surface area contributed by atoms with Gasteiger partial charge in [-0.25, -0.2) is 0 Å². The molecule has 0 heterocycles. The standard InChI is InChI=1S/C16H23BrN2O.ClH/c1-18-11-12-19(2)15(20)16(9-3-4-10-16)13-5-7-14(17)8-6-13;/h5-8,18H,3-4,9-12H2,1-2H3;1H. The molecule has 0 spiro atoms. The van der Waals surface area contributed by atoms with Crippen molar-refractivity contribution < 1.29 is 4.79 Å². The smallest absolute Gasteiger partial charge is 0.233 e. The molecule has 0 saturated heterocycles. The summed E-state index contributed by atoms with van der Waals surface area (Å²) in [6.07, 6.45) is 4.22. The predicted octanol–water partition coefficient (Wildman–Crippen LogP) is 3.36. The predicted molar refractivity (Wildman–Crippen MR) is 93.1 cm³/mol. The van der Waals surface area contributed by atoms with Gasteiger partial charge >= 0.3 is 0 Å². The van der Waals surface area contributed by atoms with E-state index < -0.39 is 0 Å². The molecule has 1 aliphatic carbocycles. The van der Waals surface area contributed by atoms with Crippen molar-refractivity contribution in [3.8, 4) is 0 Å². The Morgan fingerprint density at radius 2 is 1.86 bits per heavy atom. The Labute approximate surface area is 142 Å². The summed E-state index contributed by atoms with van der Waals surface area (Å²) in [4.78, 5) is 14.8. The molecule has 1 saturated carbocycles. The van der Waals surface area contributed by atoms with Crippen molar-refractivity contribution in [1.82, 2.24) is 10.2 Å². The second-order valence-corrected chi connectivity index (χ2v) is 6.54. The van der Waals surface area contributed by atoms with Crippen molar-refractivity contribution >= 4 is 34.2 Å². The number of halogens is 2. The zero-order valence-electron chi connectivity index (χ0n) is 12.7. The summed E-state index contributed by atoms with van der Waals surface area (Å²) in [5.74, 6) is 0.271. The first kappa shape index (κ1) is 18.5. The first-order valence-electron chi connectivity index (χ1n) is 7.26. The number of benzene rings is 1. The number of nitrogens with zero attached hydrogens (tertiary/aromatic N) is 1. The van der Waals surface area contributed by atoms with Crippen molar-refractivity contribution in [2.75, 3.05) is 27.2 Å². The molecule has 0 radical (unpaired) electrons. The van der Waals surface area contributed by atoms with Crippen LogP contribution in [0.25, 0.3) is 0 Å². The van der Waals surface area contributed by atoms with Gasteiger partial charge in [-0.05, 0) is 37.6 Å². The van der Waals surface area contributed by atoms with Crippen molar-refractivity contribution in [3.63, 3.8) is 0 Å². The molecule has 3 nitrogen and oxygen atoms in total. The van der Waals surface area contributed by atoms with E-state index in [-0.39, 0.29) is 23.7 Å². The summed E-state index contributed by atoms with van der Waals surface area (Å²) in [5, 5.41) is 3.10. The number of amides is 1. The SMILES string of the molecule is CNCCN(C)C(=O)C1(c2ccc(Br)cc2)CCCC1.Cl. The summed E-state index contributed by atoms with van der Waals surface area (Å²) in [7, 11) is 3.83. The maximum absolute atomic E-state index is 12.9. The van der Waals surface area contributed by atoms with Gasteiger partial charge in [-0.3, -0.25) is 4.79 Å². The Morgan fingerprint density at radius 1 is 1.29 bits per heavy atom. The monoisotopic (exact) mass is 374 g/mol. The quantitative estimate of drug-likeness (QED) is 0.856. The molecule has 1 fully saturated rings. The van der Waals surface area contributed by atoms with E-state index in [4.69, 9.17) is 0 Å². The van der Waals surface area contributed by atoms with Gasteiger partial charge in [-0.15, -0.1) is 12.4 Å². The highest BCUT2D eigenvalue weighted by atomic mass is 79.9. The first-order chi connectivity index (χ1) is 9.60. The molecule has 5 heteroatoms. The molecule has 1 aromatic carbocycles. The number of carbonyl (C=O) groups excluding carboxylic acids is 1. The van der Waals surface area contributed by atoms with Crippen LogP contribution >= 0.6 is 28.3 Å². The molecule has 1 N–H and O–H groups in total. The van der Waals surface area contributed by atoms with Crippen LogP contribution in [0.1, 0.15) is 31.2 Å². The topological polar surface area (TPSA) is 32.3 Å². The lowest BCUT2D eigenvalue weighted by molar-refractivity contribution is -0.136. The molecule has 1 aliphatic rings. The molecule has 0 aliphatic heterocycles. The van der Waals surface area contributed by atoms with E-state index >= 15 is 0 Å². The molecule has 0 atom stereocenters. The molecular formula is C16H24BrClN2O. The average molecular weight is 376 g/mol. The Bertz CT molecular complexity index is 458. The maximum atomic E-state index is 12.9. The molecule has 0 unspecified atom stereocenters. The van der Waals surface area contributed by atoms with Crippen molar-refractivity contribution in [3.05, 3.63) is 34.3 Å². The Kier molecular flexibility index (Phi) is 7.17. The molecule has 1 aromatic rings. The minimum absolute atomic E-state index is 0. The summed E-state index contributed by atoms with van der Waals surface area (Å²) in [6, 6.07) is 8.27. The van der Waals surface area contributed by atoms with Crippen molar-refractivity contribution in [2.24, 2.45) is 0 Å². The molecule has 1 amide bonds. The Morgan fingerprint density at radius 3 is 2.38 bits per heavy atom. The van der Waals surface area contributed by atoms with Crippen LogP contribution in [0.4, 0.5) is 0 Å². The van der Waals surface area contributed by atoms with Crippen LogP contribution in [-0.2, 0) is 10.2 Å². The third-order valence-electron chi connectivity index (χ3n) is 4.31. The van der Waals surface area contributed by atoms with Gasteiger partial charge in [0.2, 0.25) is 5.91 Å². The van der Waals surface area contributed by atoms with Crippen molar-refractivity contribution in [2.45, 2.75) is 31.1 Å². The first-order valence-corrected chi connectivity index (χ1v) is 8.06. The van der Waals surface area contributed by atoms with Crippen LogP contribution in [-0.4, -0.2) is 38.0 Å². The highest BCUT2D eigenvalue weighted by Gasteiger charge is 2.43. The van der Waals surface area contributed by atoms with E-state index in [1.54, 1.807) is 0 Å². The van der Waals surface area contributed by atoms with Gasteiger partial charge < -0.3 is 10.2 Å². The Hall–Kier alpha value is -0.580. The number of likely N-dealkylation sites (N-methyl/N-ethyl adjacent to an activating group) is 2. The van der Waals surface area contributed by atoms with E-state index in [2.05, 4.69) is 33.4 Å². The van der Waals surface area contributed by atoms with E-state index in [1.165, 1.54) is 5.56 Å². The molecule has 21 heavy (non-hydrogen) atoms. The van der Waals surface area contributed by atoms with Gasteiger partial charge in [0, 0.05) is 24.6 Å². The average Bonchev–Trinajstić information content (AvgIpc) is 2.95. The third-order valence-corrected chi connectivity index (χ3v) is 4.84. The van der Waals surface area contributed by atoms with Crippen LogP contribution in [0.2, 0.25) is 0 Å². The fourth-order valence-corrected chi connectivity index (χ4v) is 3.38. The lowest BCUT2D eigenvalue weighted by Crippen LogP contribution is -2.45. The molecule has 0 bridgehead atoms. The maximum Gasteiger partial charge on any atom is 0.233 e. The third kappa shape index (κ3) is 3.99. The number of hydrogen-bond donors (Lipinski definition) is 1. The highest BCUT2D eigenvalue weighted by Crippen LogP contribution is 2.42. The lowest BCUT2D eigenvalue weighted by atomic mass is 9.77. The van der Waals surface area contributed by atoms with Gasteiger partial charge in [0.15, 0.2) is 0 Å². The van der Waals surface area contributed by atoms with E-state index in [1.807, 2.05) is 31.1 Å². The normalized spacial score (nSPS) is 16.3. The minimum Gasteiger partial charge on any atom is -0.344 e. The molecule has 0 aromatic heterocycles. The fraction of sp³-hybridized carbons (Fsp3) is 0.562. The lowest BCUT2D eigenvalue weighted by Gasteiger charge is -2.33. The summed E-state index contributed by atoms with van der Waals surface area (Å²) >= 11 is 3.47. The molecule has 118 valence electrons. The van der Waals surface area contributed by atoms with E-state index in [9.17, 15) is 4.79 Å². The molecular weight excluding hydrogens is 352 g/mol.